The summed E-state index contributed by atoms with van der Waals surface area (Å²) in [5, 5.41) is 6.74. The van der Waals surface area contributed by atoms with Gasteiger partial charge in [0.1, 0.15) is 0 Å². The molecule has 1 aliphatic heterocycles. The molecule has 1 heterocycles. The van der Waals surface area contributed by atoms with Crippen molar-refractivity contribution in [2.45, 2.75) is 29.5 Å². The van der Waals surface area contributed by atoms with E-state index in [-0.39, 0.29) is 24.3 Å². The first-order chi connectivity index (χ1) is 12.3. The quantitative estimate of drug-likeness (QED) is 0.691. The topological polar surface area (TPSA) is 58.2 Å². The predicted octanol–water partition coefficient (Wildman–Crippen LogP) is 5.33. The molecule has 136 valence electrons. The second-order valence-corrected chi connectivity index (χ2v) is 8.42. The van der Waals surface area contributed by atoms with Crippen molar-refractivity contribution in [1.29, 1.82) is 0 Å². The van der Waals surface area contributed by atoms with E-state index < -0.39 is 5.25 Å². The first-order valence-corrected chi connectivity index (χ1v) is 9.86. The van der Waals surface area contributed by atoms with Crippen LogP contribution in [0.15, 0.2) is 41.3 Å². The maximum atomic E-state index is 12.4. The Morgan fingerprint density at radius 1 is 1.19 bits per heavy atom. The first kappa shape index (κ1) is 19.4. The lowest BCUT2D eigenvalue weighted by molar-refractivity contribution is -0.124. The summed E-state index contributed by atoms with van der Waals surface area (Å²) in [7, 11) is 0. The van der Waals surface area contributed by atoms with Crippen molar-refractivity contribution in [3.8, 4) is 0 Å². The zero-order valence-corrected chi connectivity index (χ0v) is 16.8. The van der Waals surface area contributed by atoms with E-state index in [0.717, 1.165) is 10.5 Å². The van der Waals surface area contributed by atoms with E-state index in [1.165, 1.54) is 11.8 Å². The number of rotatable bonds is 4. The van der Waals surface area contributed by atoms with Gasteiger partial charge in [0.15, 0.2) is 0 Å². The lowest BCUT2D eigenvalue weighted by atomic mass is 10.1. The standard InChI is InChI=1S/C18H15Cl3N2O2S/c1-9(12-4-2-10(19)6-13(12)21)22-17(24)8-16-18(25)23-14-7-11(20)3-5-15(14)26-16/h2-7,9,16H,8H2,1H3,(H,22,24)(H,23,25). The molecule has 4 nitrogen and oxygen atoms in total. The minimum atomic E-state index is -0.503. The number of carbonyl (C=O) groups excluding carboxylic acids is 2. The molecular weight excluding hydrogens is 415 g/mol. The summed E-state index contributed by atoms with van der Waals surface area (Å²) in [6.45, 7) is 1.83. The van der Waals surface area contributed by atoms with Gasteiger partial charge in [-0.3, -0.25) is 9.59 Å². The predicted molar refractivity (Wildman–Crippen MR) is 107 cm³/mol. The zero-order valence-electron chi connectivity index (χ0n) is 13.7. The molecule has 2 N–H and O–H groups in total. The summed E-state index contributed by atoms with van der Waals surface area (Å²) in [5.41, 5.74) is 1.44. The molecule has 0 aromatic heterocycles. The molecule has 0 spiro atoms. The molecule has 2 aromatic carbocycles. The Morgan fingerprint density at radius 3 is 2.62 bits per heavy atom. The molecule has 0 saturated carbocycles. The number of anilines is 1. The van der Waals surface area contributed by atoms with Gasteiger partial charge in [-0.15, -0.1) is 11.8 Å². The van der Waals surface area contributed by atoms with Gasteiger partial charge in [0.25, 0.3) is 0 Å². The maximum absolute atomic E-state index is 12.4. The highest BCUT2D eigenvalue weighted by Gasteiger charge is 2.29. The van der Waals surface area contributed by atoms with Crippen LogP contribution in [0, 0.1) is 0 Å². The minimum Gasteiger partial charge on any atom is -0.349 e. The minimum absolute atomic E-state index is 0.0636. The average molecular weight is 430 g/mol. The molecule has 2 amide bonds. The van der Waals surface area contributed by atoms with Crippen molar-refractivity contribution in [2.24, 2.45) is 0 Å². The molecular formula is C18H15Cl3N2O2S. The summed E-state index contributed by atoms with van der Waals surface area (Å²) in [6.07, 6.45) is 0.0636. The largest absolute Gasteiger partial charge is 0.349 e. The second-order valence-electron chi connectivity index (χ2n) is 5.90. The van der Waals surface area contributed by atoms with Crippen molar-refractivity contribution in [3.05, 3.63) is 57.0 Å². The summed E-state index contributed by atoms with van der Waals surface area (Å²) >= 11 is 19.4. The molecule has 3 rings (SSSR count). The van der Waals surface area contributed by atoms with Gasteiger partial charge < -0.3 is 10.6 Å². The molecule has 2 unspecified atom stereocenters. The number of amides is 2. The third-order valence-corrected chi connectivity index (χ3v) is 6.01. The van der Waals surface area contributed by atoms with E-state index in [9.17, 15) is 9.59 Å². The van der Waals surface area contributed by atoms with Crippen molar-refractivity contribution in [2.75, 3.05) is 5.32 Å². The Balaban J connectivity index is 1.64. The van der Waals surface area contributed by atoms with Crippen LogP contribution in [0.3, 0.4) is 0 Å². The third kappa shape index (κ3) is 4.46. The van der Waals surface area contributed by atoms with Crippen LogP contribution in [0.5, 0.6) is 0 Å². The summed E-state index contributed by atoms with van der Waals surface area (Å²) in [5.74, 6) is -0.439. The Bertz CT molecular complexity index is 876. The van der Waals surface area contributed by atoms with Crippen molar-refractivity contribution in [1.82, 2.24) is 5.32 Å². The van der Waals surface area contributed by atoms with E-state index in [0.29, 0.717) is 20.8 Å². The smallest absolute Gasteiger partial charge is 0.238 e. The monoisotopic (exact) mass is 428 g/mol. The van der Waals surface area contributed by atoms with Crippen molar-refractivity contribution < 1.29 is 9.59 Å². The SMILES string of the molecule is CC(NC(=O)CC1Sc2ccc(Cl)cc2NC1=O)c1ccc(Cl)cc1Cl. The maximum Gasteiger partial charge on any atom is 0.238 e. The molecule has 0 radical (unpaired) electrons. The molecule has 0 aliphatic carbocycles. The van der Waals surface area contributed by atoms with Crippen LogP contribution in [-0.2, 0) is 9.59 Å². The van der Waals surface area contributed by atoms with Crippen LogP contribution in [-0.4, -0.2) is 17.1 Å². The molecule has 0 fully saturated rings. The Kier molecular flexibility index (Phi) is 6.03. The Hall–Kier alpha value is -1.40. The number of hydrogen-bond acceptors (Lipinski definition) is 3. The number of thioether (sulfide) groups is 1. The van der Waals surface area contributed by atoms with Crippen LogP contribution in [0.2, 0.25) is 15.1 Å². The number of nitrogens with one attached hydrogen (secondary N) is 2. The van der Waals surface area contributed by atoms with Gasteiger partial charge in [0.05, 0.1) is 17.0 Å². The van der Waals surface area contributed by atoms with E-state index >= 15 is 0 Å². The fraction of sp³-hybridized carbons (Fsp3) is 0.222. The number of hydrogen-bond donors (Lipinski definition) is 2. The molecule has 2 atom stereocenters. The van der Waals surface area contributed by atoms with Gasteiger partial charge >= 0.3 is 0 Å². The second kappa shape index (κ2) is 8.09. The molecule has 0 bridgehead atoms. The third-order valence-electron chi connectivity index (χ3n) is 3.94. The van der Waals surface area contributed by atoms with Crippen LogP contribution >= 0.6 is 46.6 Å². The zero-order chi connectivity index (χ0) is 18.8. The van der Waals surface area contributed by atoms with Crippen LogP contribution in [0.25, 0.3) is 0 Å². The van der Waals surface area contributed by atoms with Gasteiger partial charge in [0, 0.05) is 26.4 Å². The average Bonchev–Trinajstić information content (AvgIpc) is 2.55. The van der Waals surface area contributed by atoms with Gasteiger partial charge in [-0.05, 0) is 42.8 Å². The number of fused-ring (bicyclic) bond motifs is 1. The summed E-state index contributed by atoms with van der Waals surface area (Å²) < 4.78 is 0. The van der Waals surface area contributed by atoms with Crippen LogP contribution in [0.1, 0.15) is 24.9 Å². The molecule has 26 heavy (non-hydrogen) atoms. The highest BCUT2D eigenvalue weighted by Crippen LogP contribution is 2.38. The van der Waals surface area contributed by atoms with Crippen LogP contribution < -0.4 is 10.6 Å². The molecule has 2 aromatic rings. The van der Waals surface area contributed by atoms with E-state index in [1.807, 2.05) is 13.0 Å². The summed E-state index contributed by atoms with van der Waals surface area (Å²) in [6, 6.07) is 10.1. The highest BCUT2D eigenvalue weighted by atomic mass is 35.5. The van der Waals surface area contributed by atoms with Crippen molar-refractivity contribution >= 4 is 64.1 Å². The lowest BCUT2D eigenvalue weighted by Crippen LogP contribution is -2.35. The Labute approximate surface area is 170 Å². The summed E-state index contributed by atoms with van der Waals surface area (Å²) in [4.78, 5) is 25.5. The number of carbonyl (C=O) groups is 2. The lowest BCUT2D eigenvalue weighted by Gasteiger charge is -2.24. The molecule has 8 heteroatoms. The molecule has 0 saturated heterocycles. The normalized spacial score (nSPS) is 17.2. The van der Waals surface area contributed by atoms with E-state index in [1.54, 1.807) is 30.3 Å². The van der Waals surface area contributed by atoms with E-state index in [2.05, 4.69) is 10.6 Å². The fourth-order valence-electron chi connectivity index (χ4n) is 2.66. The fourth-order valence-corrected chi connectivity index (χ4v) is 4.49. The van der Waals surface area contributed by atoms with Gasteiger partial charge in [-0.25, -0.2) is 0 Å². The van der Waals surface area contributed by atoms with E-state index in [4.69, 9.17) is 34.8 Å². The number of benzene rings is 2. The van der Waals surface area contributed by atoms with Gasteiger partial charge in [-0.2, -0.15) is 0 Å². The van der Waals surface area contributed by atoms with Crippen LogP contribution in [0.4, 0.5) is 5.69 Å². The van der Waals surface area contributed by atoms with Gasteiger partial charge in [0.2, 0.25) is 11.8 Å². The highest BCUT2D eigenvalue weighted by molar-refractivity contribution is 8.01. The van der Waals surface area contributed by atoms with Crippen molar-refractivity contribution in [3.63, 3.8) is 0 Å². The number of halogens is 3. The first-order valence-electron chi connectivity index (χ1n) is 7.85. The Morgan fingerprint density at radius 2 is 1.88 bits per heavy atom. The van der Waals surface area contributed by atoms with Gasteiger partial charge in [-0.1, -0.05) is 40.9 Å². The molecule has 1 aliphatic rings.